The number of nitrogens with one attached hydrogen (secondary N) is 1. The summed E-state index contributed by atoms with van der Waals surface area (Å²) in [6.45, 7) is 1.61. The number of nitrogens with zero attached hydrogens (tertiary/aromatic N) is 4. The van der Waals surface area contributed by atoms with Gasteiger partial charge in [0.05, 0.1) is 11.8 Å². The van der Waals surface area contributed by atoms with Crippen LogP contribution in [-0.4, -0.2) is 34.8 Å². The lowest BCUT2D eigenvalue weighted by Crippen LogP contribution is -2.48. The summed E-state index contributed by atoms with van der Waals surface area (Å²) >= 11 is 0. The van der Waals surface area contributed by atoms with Crippen molar-refractivity contribution in [2.45, 2.75) is 18.9 Å². The second-order valence-electron chi connectivity index (χ2n) is 5.88. The van der Waals surface area contributed by atoms with E-state index in [0.29, 0.717) is 12.1 Å². The van der Waals surface area contributed by atoms with Crippen LogP contribution < -0.4 is 10.2 Å². The molecule has 2 aromatic rings. The highest BCUT2D eigenvalue weighted by molar-refractivity contribution is 5.94. The zero-order chi connectivity index (χ0) is 17.1. The predicted octanol–water partition coefficient (Wildman–Crippen LogP) is 1.83. The number of nitriles is 1. The molecule has 1 N–H and O–H groups in total. The molecule has 1 aromatic heterocycles. The number of benzene rings is 1. The number of hydrogen-bond donors (Lipinski definition) is 1. The molecule has 0 radical (unpaired) electrons. The Kier molecular flexibility index (Phi) is 4.47. The fraction of sp³-hybridized carbons (Fsp3) is 0.353. The highest BCUT2D eigenvalue weighted by Crippen LogP contribution is 2.19. The van der Waals surface area contributed by atoms with Gasteiger partial charge < -0.3 is 10.2 Å². The predicted molar refractivity (Wildman–Crippen MR) is 87.0 cm³/mol. The molecule has 0 spiro atoms. The zero-order valence-corrected chi connectivity index (χ0v) is 13.4. The van der Waals surface area contributed by atoms with Gasteiger partial charge >= 0.3 is 0 Å². The summed E-state index contributed by atoms with van der Waals surface area (Å²) < 4.78 is 15.2. The molecule has 0 aliphatic carbocycles. The monoisotopic (exact) mass is 327 g/mol. The Balaban J connectivity index is 1.68. The highest BCUT2D eigenvalue weighted by atomic mass is 19.1. The first-order chi connectivity index (χ1) is 11.6. The Hall–Kier alpha value is -2.88. The Morgan fingerprint density at radius 2 is 2.29 bits per heavy atom. The average Bonchev–Trinajstić information content (AvgIpc) is 3.01. The van der Waals surface area contributed by atoms with E-state index in [1.54, 1.807) is 12.3 Å². The lowest BCUT2D eigenvalue weighted by Gasteiger charge is -2.34. The Bertz CT molecular complexity index is 795. The summed E-state index contributed by atoms with van der Waals surface area (Å²) in [4.78, 5) is 14.6. The van der Waals surface area contributed by atoms with Crippen molar-refractivity contribution < 1.29 is 9.18 Å². The maximum atomic E-state index is 13.4. The van der Waals surface area contributed by atoms with E-state index >= 15 is 0 Å². The van der Waals surface area contributed by atoms with Crippen molar-refractivity contribution in [1.82, 2.24) is 15.1 Å². The summed E-state index contributed by atoms with van der Waals surface area (Å²) in [5.41, 5.74) is 0.174. The van der Waals surface area contributed by atoms with E-state index in [1.807, 2.05) is 17.8 Å². The van der Waals surface area contributed by atoms with Crippen molar-refractivity contribution >= 4 is 11.7 Å². The van der Waals surface area contributed by atoms with Crippen LogP contribution in [0.3, 0.4) is 0 Å². The standard InChI is InChI=1S/C17H18FN5O/c1-22-16(6-7-20-22)23-8-2-3-14(11-23)21-17(24)12-4-5-15(18)13(9-12)10-19/h4-7,9,14H,2-3,8,11H2,1H3,(H,21,24). The van der Waals surface area contributed by atoms with Crippen molar-refractivity contribution in [2.24, 2.45) is 7.05 Å². The van der Waals surface area contributed by atoms with Crippen LogP contribution in [0.4, 0.5) is 10.2 Å². The van der Waals surface area contributed by atoms with E-state index in [-0.39, 0.29) is 17.5 Å². The number of carbonyl (C=O) groups is 1. The van der Waals surface area contributed by atoms with E-state index in [0.717, 1.165) is 31.3 Å². The minimum atomic E-state index is -0.617. The molecule has 7 heteroatoms. The SMILES string of the molecule is Cn1nccc1N1CCCC(NC(=O)c2ccc(F)c(C#N)c2)C1. The second-order valence-corrected chi connectivity index (χ2v) is 5.88. The molecule has 124 valence electrons. The number of rotatable bonds is 3. The number of halogens is 1. The van der Waals surface area contributed by atoms with Gasteiger partial charge in [0.25, 0.3) is 5.91 Å². The van der Waals surface area contributed by atoms with Crippen LogP contribution in [-0.2, 0) is 7.05 Å². The summed E-state index contributed by atoms with van der Waals surface area (Å²) in [5, 5.41) is 16.0. The van der Waals surface area contributed by atoms with Gasteiger partial charge in [-0.05, 0) is 31.0 Å². The minimum absolute atomic E-state index is 0.00302. The number of carbonyl (C=O) groups excluding carboxylic acids is 1. The molecule has 1 aromatic carbocycles. The second kappa shape index (κ2) is 6.71. The fourth-order valence-corrected chi connectivity index (χ4v) is 3.00. The number of anilines is 1. The van der Waals surface area contributed by atoms with E-state index in [2.05, 4.69) is 15.3 Å². The maximum Gasteiger partial charge on any atom is 0.251 e. The first kappa shape index (κ1) is 16.0. The normalized spacial score (nSPS) is 17.4. The van der Waals surface area contributed by atoms with Crippen LogP contribution in [0.15, 0.2) is 30.5 Å². The molecule has 1 amide bonds. The molecule has 1 saturated heterocycles. The molecule has 1 unspecified atom stereocenters. The summed E-state index contributed by atoms with van der Waals surface area (Å²) in [5.74, 6) is 0.111. The molecule has 2 heterocycles. The van der Waals surface area contributed by atoms with E-state index in [1.165, 1.54) is 12.1 Å². The smallest absolute Gasteiger partial charge is 0.251 e. The van der Waals surface area contributed by atoms with Crippen LogP contribution in [0, 0.1) is 17.1 Å². The highest BCUT2D eigenvalue weighted by Gasteiger charge is 2.23. The largest absolute Gasteiger partial charge is 0.355 e. The third-order valence-corrected chi connectivity index (χ3v) is 4.22. The minimum Gasteiger partial charge on any atom is -0.355 e. The Labute approximate surface area is 139 Å². The lowest BCUT2D eigenvalue weighted by atomic mass is 10.0. The van der Waals surface area contributed by atoms with Gasteiger partial charge in [0.15, 0.2) is 0 Å². The maximum absolute atomic E-state index is 13.4. The topological polar surface area (TPSA) is 74.0 Å². The molecule has 0 bridgehead atoms. The third kappa shape index (κ3) is 3.23. The summed E-state index contributed by atoms with van der Waals surface area (Å²) in [7, 11) is 1.89. The summed E-state index contributed by atoms with van der Waals surface area (Å²) in [6, 6.07) is 7.53. The molecule has 1 fully saturated rings. The molecular weight excluding hydrogens is 309 g/mol. The molecular formula is C17H18FN5O. The quantitative estimate of drug-likeness (QED) is 0.933. The van der Waals surface area contributed by atoms with E-state index < -0.39 is 5.82 Å². The molecule has 1 atom stereocenters. The van der Waals surface area contributed by atoms with Crippen LogP contribution in [0.2, 0.25) is 0 Å². The van der Waals surface area contributed by atoms with Gasteiger partial charge in [-0.3, -0.25) is 9.48 Å². The van der Waals surface area contributed by atoms with Crippen LogP contribution >= 0.6 is 0 Å². The van der Waals surface area contributed by atoms with Crippen molar-refractivity contribution in [1.29, 1.82) is 5.26 Å². The van der Waals surface area contributed by atoms with E-state index in [4.69, 9.17) is 5.26 Å². The van der Waals surface area contributed by atoms with Crippen molar-refractivity contribution in [3.8, 4) is 6.07 Å². The molecule has 6 nitrogen and oxygen atoms in total. The third-order valence-electron chi connectivity index (χ3n) is 4.22. The molecule has 1 aliphatic heterocycles. The van der Waals surface area contributed by atoms with Crippen molar-refractivity contribution in [3.05, 3.63) is 47.4 Å². The number of piperidine rings is 1. The van der Waals surface area contributed by atoms with E-state index in [9.17, 15) is 9.18 Å². The Morgan fingerprint density at radius 3 is 3.00 bits per heavy atom. The van der Waals surface area contributed by atoms with Crippen LogP contribution in [0.25, 0.3) is 0 Å². The van der Waals surface area contributed by atoms with Gasteiger partial charge in [0, 0.05) is 37.8 Å². The first-order valence-corrected chi connectivity index (χ1v) is 7.82. The van der Waals surface area contributed by atoms with Crippen LogP contribution in [0.1, 0.15) is 28.8 Å². The lowest BCUT2D eigenvalue weighted by molar-refractivity contribution is 0.0933. The van der Waals surface area contributed by atoms with Gasteiger partial charge in [-0.2, -0.15) is 10.4 Å². The van der Waals surface area contributed by atoms with Gasteiger partial charge in [-0.15, -0.1) is 0 Å². The fourth-order valence-electron chi connectivity index (χ4n) is 3.00. The van der Waals surface area contributed by atoms with Crippen molar-refractivity contribution in [3.63, 3.8) is 0 Å². The first-order valence-electron chi connectivity index (χ1n) is 7.82. The van der Waals surface area contributed by atoms with Gasteiger partial charge in [0.2, 0.25) is 0 Å². The number of aromatic nitrogens is 2. The zero-order valence-electron chi connectivity index (χ0n) is 13.4. The van der Waals surface area contributed by atoms with Crippen molar-refractivity contribution in [2.75, 3.05) is 18.0 Å². The average molecular weight is 327 g/mol. The van der Waals surface area contributed by atoms with Gasteiger partial charge in [-0.25, -0.2) is 4.39 Å². The van der Waals surface area contributed by atoms with Crippen LogP contribution in [0.5, 0.6) is 0 Å². The van der Waals surface area contributed by atoms with Gasteiger partial charge in [-0.1, -0.05) is 0 Å². The molecule has 3 rings (SSSR count). The Morgan fingerprint density at radius 1 is 1.46 bits per heavy atom. The number of hydrogen-bond acceptors (Lipinski definition) is 4. The molecule has 1 aliphatic rings. The number of amides is 1. The number of aryl methyl sites for hydroxylation is 1. The summed E-state index contributed by atoms with van der Waals surface area (Å²) in [6.07, 6.45) is 3.59. The molecule has 0 saturated carbocycles. The van der Waals surface area contributed by atoms with Gasteiger partial charge in [0.1, 0.15) is 17.7 Å². The molecule has 24 heavy (non-hydrogen) atoms.